The molecule has 0 aliphatic heterocycles. The van der Waals surface area contributed by atoms with Gasteiger partial charge in [0.05, 0.1) is 13.2 Å². The number of alkyl halides is 3. The van der Waals surface area contributed by atoms with Crippen molar-refractivity contribution in [1.82, 2.24) is 4.90 Å². The fourth-order valence-corrected chi connectivity index (χ4v) is 4.54. The summed E-state index contributed by atoms with van der Waals surface area (Å²) in [5.41, 5.74) is 0.732. The zero-order chi connectivity index (χ0) is 32.8. The molecule has 0 heterocycles. The Kier molecular flexibility index (Phi) is 13.9. The molecule has 3 rings (SSSR count). The number of carbonyl (C=O) groups is 2. The third-order valence-corrected chi connectivity index (χ3v) is 6.51. The van der Waals surface area contributed by atoms with Crippen molar-refractivity contribution >= 4 is 35.3 Å². The van der Waals surface area contributed by atoms with Gasteiger partial charge >= 0.3 is 18.4 Å². The van der Waals surface area contributed by atoms with Crippen molar-refractivity contribution in [3.8, 4) is 23.0 Å². The van der Waals surface area contributed by atoms with Crippen LogP contribution in [0.4, 0.5) is 18.0 Å². The van der Waals surface area contributed by atoms with Crippen LogP contribution in [-0.4, -0.2) is 67.4 Å². The molecule has 9 nitrogen and oxygen atoms in total. The number of carboxylic acid groups (broad SMARTS) is 1. The molecule has 0 radical (unpaired) electrons. The van der Waals surface area contributed by atoms with Gasteiger partial charge in [-0.15, -0.1) is 13.2 Å². The summed E-state index contributed by atoms with van der Waals surface area (Å²) in [6.07, 6.45) is -5.69. The molecular formula is C31H32Cl2F3NO8. The van der Waals surface area contributed by atoms with Gasteiger partial charge < -0.3 is 33.7 Å². The van der Waals surface area contributed by atoms with Gasteiger partial charge in [0.25, 0.3) is 0 Å². The number of hydrogen-bond acceptors (Lipinski definition) is 7. The third kappa shape index (κ3) is 12.9. The highest BCUT2D eigenvalue weighted by atomic mass is 35.5. The lowest BCUT2D eigenvalue weighted by molar-refractivity contribution is -0.275. The van der Waals surface area contributed by atoms with Gasteiger partial charge in [-0.25, -0.2) is 9.59 Å². The normalized spacial score (nSPS) is 11.9. The lowest BCUT2D eigenvalue weighted by atomic mass is 10.1. The van der Waals surface area contributed by atoms with Gasteiger partial charge in [0.1, 0.15) is 18.1 Å². The second-order valence-corrected chi connectivity index (χ2v) is 10.4. The van der Waals surface area contributed by atoms with Gasteiger partial charge in [0.15, 0.2) is 17.6 Å². The molecule has 1 unspecified atom stereocenters. The number of nitrogens with zero attached hydrogens (tertiary/aromatic N) is 1. The fraction of sp³-hybridized carbons (Fsp3) is 0.355. The number of rotatable bonds is 17. The van der Waals surface area contributed by atoms with Crippen LogP contribution < -0.4 is 18.9 Å². The van der Waals surface area contributed by atoms with E-state index in [0.717, 1.165) is 11.6 Å². The number of para-hydroxylation sites is 2. The van der Waals surface area contributed by atoms with Crippen molar-refractivity contribution in [1.29, 1.82) is 0 Å². The van der Waals surface area contributed by atoms with Crippen molar-refractivity contribution in [2.24, 2.45) is 0 Å². The van der Waals surface area contributed by atoms with Crippen molar-refractivity contribution < 1.29 is 51.6 Å². The Bertz CT molecular complexity index is 1370. The van der Waals surface area contributed by atoms with E-state index in [1.807, 2.05) is 0 Å². The monoisotopic (exact) mass is 673 g/mol. The van der Waals surface area contributed by atoms with Crippen LogP contribution in [0, 0.1) is 0 Å². The number of aliphatic carboxylic acids is 1. The molecule has 0 aliphatic carbocycles. The number of halogens is 5. The first-order chi connectivity index (χ1) is 21.4. The van der Waals surface area contributed by atoms with Crippen LogP contribution in [0.1, 0.15) is 25.3 Å². The van der Waals surface area contributed by atoms with Gasteiger partial charge in [0.2, 0.25) is 0 Å². The van der Waals surface area contributed by atoms with Crippen molar-refractivity contribution in [2.45, 2.75) is 38.7 Å². The Balaban J connectivity index is 1.60. The second-order valence-electron chi connectivity index (χ2n) is 9.49. The summed E-state index contributed by atoms with van der Waals surface area (Å²) in [6.45, 7) is 2.52. The minimum Gasteiger partial charge on any atom is -0.493 e. The van der Waals surface area contributed by atoms with Crippen LogP contribution in [0.15, 0.2) is 66.7 Å². The number of ether oxygens (including phenoxy) is 5. The van der Waals surface area contributed by atoms with Gasteiger partial charge in [-0.2, -0.15) is 0 Å². The summed E-state index contributed by atoms with van der Waals surface area (Å²) in [7, 11) is 0. The largest absolute Gasteiger partial charge is 0.573 e. The maximum absolute atomic E-state index is 13.1. The van der Waals surface area contributed by atoms with E-state index in [1.165, 1.54) is 23.1 Å². The molecule has 45 heavy (non-hydrogen) atoms. The minimum atomic E-state index is -4.98. The standard InChI is InChI=1S/C31H32Cl2F3NO8/c1-2-41-28(29(38)39)17-21-9-11-24(12-10-21)43-16-14-37(13-5-6-15-42-25-19-22(32)18-23(33)20-25)30(40)44-26-7-3-4-8-27(26)45-31(34,35)36/h3-4,7-12,18-20,28H,2,5-6,13-17H2,1H3,(H,38,39). The average Bonchev–Trinajstić information content (AvgIpc) is 2.96. The third-order valence-electron chi connectivity index (χ3n) is 6.08. The van der Waals surface area contributed by atoms with E-state index in [-0.39, 0.29) is 39.3 Å². The fourth-order valence-electron chi connectivity index (χ4n) is 4.03. The molecule has 0 bridgehead atoms. The number of unbranched alkanes of at least 4 members (excludes halogenated alkanes) is 1. The molecule has 1 atom stereocenters. The first-order valence-electron chi connectivity index (χ1n) is 13.9. The summed E-state index contributed by atoms with van der Waals surface area (Å²) >= 11 is 12.0. The zero-order valence-corrected chi connectivity index (χ0v) is 25.7. The second kappa shape index (κ2) is 17.6. The lowest BCUT2D eigenvalue weighted by Crippen LogP contribution is -2.37. The van der Waals surface area contributed by atoms with Crippen LogP contribution in [0.3, 0.4) is 0 Å². The van der Waals surface area contributed by atoms with E-state index in [9.17, 15) is 27.9 Å². The molecular weight excluding hydrogens is 642 g/mol. The molecule has 0 fully saturated rings. The lowest BCUT2D eigenvalue weighted by Gasteiger charge is -2.23. The number of carbonyl (C=O) groups excluding carboxylic acids is 1. The van der Waals surface area contributed by atoms with Gasteiger partial charge in [-0.3, -0.25) is 0 Å². The molecule has 0 spiro atoms. The average molecular weight is 674 g/mol. The number of benzene rings is 3. The van der Waals surface area contributed by atoms with E-state index in [4.69, 9.17) is 42.1 Å². The number of carboxylic acids is 1. The molecule has 14 heteroatoms. The zero-order valence-electron chi connectivity index (χ0n) is 24.2. The van der Waals surface area contributed by atoms with Crippen molar-refractivity contribution in [3.05, 3.63) is 82.3 Å². The first-order valence-corrected chi connectivity index (χ1v) is 14.7. The highest BCUT2D eigenvalue weighted by Gasteiger charge is 2.33. The predicted octanol–water partition coefficient (Wildman–Crippen LogP) is 7.66. The van der Waals surface area contributed by atoms with Crippen LogP contribution >= 0.6 is 23.2 Å². The SMILES string of the molecule is CCOC(Cc1ccc(OCCN(CCCCOc2cc(Cl)cc(Cl)c2)C(=O)Oc2ccccc2OC(F)(F)F)cc1)C(=O)O. The molecule has 3 aromatic carbocycles. The molecule has 1 amide bonds. The van der Waals surface area contributed by atoms with Crippen LogP contribution in [0.25, 0.3) is 0 Å². The minimum absolute atomic E-state index is 0.0311. The van der Waals surface area contributed by atoms with Crippen LogP contribution in [-0.2, 0) is 16.0 Å². The summed E-state index contributed by atoms with van der Waals surface area (Å²) in [5.74, 6) is -1.15. The molecule has 244 valence electrons. The Morgan fingerprint density at radius 1 is 0.867 bits per heavy atom. The molecule has 3 aromatic rings. The Hall–Kier alpha value is -3.87. The molecule has 0 aliphatic rings. The molecule has 0 aromatic heterocycles. The Morgan fingerprint density at radius 2 is 1.51 bits per heavy atom. The number of hydrogen-bond donors (Lipinski definition) is 1. The first kappa shape index (κ1) is 35.6. The van der Waals surface area contributed by atoms with Crippen molar-refractivity contribution in [2.75, 3.05) is 32.9 Å². The number of amides is 1. The van der Waals surface area contributed by atoms with Gasteiger partial charge in [-0.1, -0.05) is 47.5 Å². The molecule has 1 N–H and O–H groups in total. The van der Waals surface area contributed by atoms with Gasteiger partial charge in [-0.05, 0) is 67.8 Å². The van der Waals surface area contributed by atoms with E-state index in [1.54, 1.807) is 49.4 Å². The molecule has 0 saturated carbocycles. The quantitative estimate of drug-likeness (QED) is 0.146. The maximum Gasteiger partial charge on any atom is 0.573 e. The van der Waals surface area contributed by atoms with E-state index in [2.05, 4.69) is 4.74 Å². The van der Waals surface area contributed by atoms with E-state index >= 15 is 0 Å². The topological polar surface area (TPSA) is 104 Å². The maximum atomic E-state index is 13.1. The van der Waals surface area contributed by atoms with E-state index in [0.29, 0.717) is 34.4 Å². The van der Waals surface area contributed by atoms with Gasteiger partial charge in [0, 0.05) is 29.6 Å². The Labute approximate surface area is 268 Å². The highest BCUT2D eigenvalue weighted by Crippen LogP contribution is 2.32. The molecule has 0 saturated heterocycles. The highest BCUT2D eigenvalue weighted by molar-refractivity contribution is 6.34. The van der Waals surface area contributed by atoms with Crippen LogP contribution in [0.5, 0.6) is 23.0 Å². The van der Waals surface area contributed by atoms with Crippen molar-refractivity contribution in [3.63, 3.8) is 0 Å². The Morgan fingerprint density at radius 3 is 2.13 bits per heavy atom. The smallest absolute Gasteiger partial charge is 0.493 e. The van der Waals surface area contributed by atoms with Crippen LogP contribution in [0.2, 0.25) is 10.0 Å². The summed E-state index contributed by atoms with van der Waals surface area (Å²) in [4.78, 5) is 25.7. The summed E-state index contributed by atoms with van der Waals surface area (Å²) in [5, 5.41) is 10.1. The summed E-state index contributed by atoms with van der Waals surface area (Å²) < 4.78 is 64.5. The summed E-state index contributed by atoms with van der Waals surface area (Å²) in [6, 6.07) is 16.5. The van der Waals surface area contributed by atoms with E-state index < -0.39 is 36.0 Å². The predicted molar refractivity (Wildman–Crippen MR) is 161 cm³/mol.